The minimum atomic E-state index is 0.405. The third-order valence-corrected chi connectivity index (χ3v) is 5.55. The predicted octanol–water partition coefficient (Wildman–Crippen LogP) is 6.75. The zero-order valence-electron chi connectivity index (χ0n) is 15.5. The molecule has 4 rings (SSSR count). The number of unbranched alkanes of at least 4 members (excludes halogenated alkanes) is 3. The number of hydrogen-bond donors (Lipinski definition) is 1. The van der Waals surface area contributed by atoms with E-state index in [1.807, 2.05) is 12.1 Å². The van der Waals surface area contributed by atoms with Crippen LogP contribution in [0.4, 0.5) is 0 Å². The van der Waals surface area contributed by atoms with E-state index in [9.17, 15) is 5.11 Å². The molecule has 1 N–H and O–H groups in total. The number of fused-ring (bicyclic) bond motifs is 3. The molecule has 0 unspecified atom stereocenters. The standard InChI is InChI=1S/C25H26O/c1-2-3-4-5-10-18-12-8-16-24(26)25(18)22-15-9-14-21-20-13-7-6-11-19(20)17-23(21)22/h6-9,11-16,26H,2-5,10,17H2,1H3. The smallest absolute Gasteiger partial charge is 0.123 e. The predicted molar refractivity (Wildman–Crippen MR) is 110 cm³/mol. The van der Waals surface area contributed by atoms with E-state index in [0.717, 1.165) is 18.4 Å². The SMILES string of the molecule is CCCCCCc1cccc(O)c1-c1cccc2c1Cc1ccccc1-2. The maximum atomic E-state index is 10.7. The van der Waals surface area contributed by atoms with Gasteiger partial charge >= 0.3 is 0 Å². The van der Waals surface area contributed by atoms with Crippen molar-refractivity contribution in [1.29, 1.82) is 0 Å². The van der Waals surface area contributed by atoms with E-state index < -0.39 is 0 Å². The van der Waals surface area contributed by atoms with Crippen molar-refractivity contribution in [2.45, 2.75) is 45.4 Å². The van der Waals surface area contributed by atoms with Gasteiger partial charge in [0.2, 0.25) is 0 Å². The van der Waals surface area contributed by atoms with Crippen LogP contribution in [-0.2, 0) is 12.8 Å². The molecule has 0 heterocycles. The molecule has 3 aromatic carbocycles. The maximum Gasteiger partial charge on any atom is 0.123 e. The van der Waals surface area contributed by atoms with Crippen LogP contribution < -0.4 is 0 Å². The van der Waals surface area contributed by atoms with Crippen molar-refractivity contribution in [2.75, 3.05) is 0 Å². The van der Waals surface area contributed by atoms with Gasteiger partial charge in [-0.15, -0.1) is 0 Å². The van der Waals surface area contributed by atoms with E-state index in [1.165, 1.54) is 59.1 Å². The molecule has 0 radical (unpaired) electrons. The quantitative estimate of drug-likeness (QED) is 0.384. The first-order valence-electron chi connectivity index (χ1n) is 9.81. The molecule has 1 aliphatic carbocycles. The normalized spacial score (nSPS) is 12.0. The molecule has 0 saturated heterocycles. The van der Waals surface area contributed by atoms with Crippen molar-refractivity contribution >= 4 is 0 Å². The maximum absolute atomic E-state index is 10.7. The van der Waals surface area contributed by atoms with Gasteiger partial charge < -0.3 is 5.11 Å². The second-order valence-corrected chi connectivity index (χ2v) is 7.29. The number of phenolic OH excluding ortho intramolecular Hbond substituents is 1. The Morgan fingerprint density at radius 3 is 2.42 bits per heavy atom. The third kappa shape index (κ3) is 3.03. The summed E-state index contributed by atoms with van der Waals surface area (Å²) in [5.74, 6) is 0.405. The zero-order chi connectivity index (χ0) is 17.9. The first-order valence-corrected chi connectivity index (χ1v) is 9.81. The summed E-state index contributed by atoms with van der Waals surface area (Å²) in [5, 5.41) is 10.7. The van der Waals surface area contributed by atoms with E-state index >= 15 is 0 Å². The average molecular weight is 342 g/mol. The van der Waals surface area contributed by atoms with Crippen molar-refractivity contribution in [1.82, 2.24) is 0 Å². The lowest BCUT2D eigenvalue weighted by molar-refractivity contribution is 0.476. The molecule has 0 bridgehead atoms. The molecule has 0 aromatic heterocycles. The van der Waals surface area contributed by atoms with Gasteiger partial charge in [0.1, 0.15) is 5.75 Å². The molecule has 1 aliphatic rings. The summed E-state index contributed by atoms with van der Waals surface area (Å²) < 4.78 is 0. The average Bonchev–Trinajstić information content (AvgIpc) is 3.04. The molecular weight excluding hydrogens is 316 g/mol. The van der Waals surface area contributed by atoms with Crippen LogP contribution in [0.2, 0.25) is 0 Å². The van der Waals surface area contributed by atoms with Gasteiger partial charge in [0.15, 0.2) is 0 Å². The van der Waals surface area contributed by atoms with Crippen molar-refractivity contribution in [3.63, 3.8) is 0 Å². The molecule has 0 spiro atoms. The Hall–Kier alpha value is -2.54. The number of rotatable bonds is 6. The molecule has 0 saturated carbocycles. The summed E-state index contributed by atoms with van der Waals surface area (Å²) in [6, 6.07) is 21.2. The fourth-order valence-corrected chi connectivity index (χ4v) is 4.24. The van der Waals surface area contributed by atoms with Gasteiger partial charge in [-0.3, -0.25) is 0 Å². The fraction of sp³-hybridized carbons (Fsp3) is 0.280. The number of benzene rings is 3. The second kappa shape index (κ2) is 7.37. The summed E-state index contributed by atoms with van der Waals surface area (Å²) in [6.07, 6.45) is 6.94. The van der Waals surface area contributed by atoms with Crippen molar-refractivity contribution in [3.8, 4) is 28.0 Å². The monoisotopic (exact) mass is 342 g/mol. The van der Waals surface area contributed by atoms with Crippen LogP contribution in [0, 0.1) is 0 Å². The summed E-state index contributed by atoms with van der Waals surface area (Å²) >= 11 is 0. The largest absolute Gasteiger partial charge is 0.507 e. The summed E-state index contributed by atoms with van der Waals surface area (Å²) in [6.45, 7) is 2.24. The van der Waals surface area contributed by atoms with Crippen LogP contribution in [0.1, 0.15) is 49.3 Å². The van der Waals surface area contributed by atoms with Gasteiger partial charge in [0.25, 0.3) is 0 Å². The van der Waals surface area contributed by atoms with E-state index in [1.54, 1.807) is 0 Å². The van der Waals surface area contributed by atoms with Gasteiger partial charge in [-0.25, -0.2) is 0 Å². The van der Waals surface area contributed by atoms with Crippen molar-refractivity contribution in [2.24, 2.45) is 0 Å². The van der Waals surface area contributed by atoms with Crippen molar-refractivity contribution < 1.29 is 5.11 Å². The lowest BCUT2D eigenvalue weighted by Crippen LogP contribution is -1.95. The number of aryl methyl sites for hydroxylation is 1. The fourth-order valence-electron chi connectivity index (χ4n) is 4.24. The Bertz CT molecular complexity index is 923. The zero-order valence-corrected chi connectivity index (χ0v) is 15.5. The summed E-state index contributed by atoms with van der Waals surface area (Å²) in [4.78, 5) is 0. The molecule has 0 amide bonds. The first-order chi connectivity index (χ1) is 12.8. The van der Waals surface area contributed by atoms with Gasteiger partial charge in [0.05, 0.1) is 0 Å². The van der Waals surface area contributed by atoms with Crippen LogP contribution >= 0.6 is 0 Å². The number of hydrogen-bond acceptors (Lipinski definition) is 1. The Kier molecular flexibility index (Phi) is 4.79. The van der Waals surface area contributed by atoms with E-state index in [2.05, 4.69) is 55.5 Å². The topological polar surface area (TPSA) is 20.2 Å². The third-order valence-electron chi connectivity index (χ3n) is 5.55. The van der Waals surface area contributed by atoms with Gasteiger partial charge in [-0.05, 0) is 58.7 Å². The minimum absolute atomic E-state index is 0.405. The molecular formula is C25H26O. The van der Waals surface area contributed by atoms with Crippen molar-refractivity contribution in [3.05, 3.63) is 77.4 Å². The molecule has 0 atom stereocenters. The first kappa shape index (κ1) is 16.9. The highest BCUT2D eigenvalue weighted by molar-refractivity contribution is 5.87. The van der Waals surface area contributed by atoms with Crippen LogP contribution in [0.5, 0.6) is 5.75 Å². The molecule has 26 heavy (non-hydrogen) atoms. The molecule has 1 nitrogen and oxygen atoms in total. The van der Waals surface area contributed by atoms with Gasteiger partial charge in [-0.1, -0.05) is 80.8 Å². The molecule has 0 aliphatic heterocycles. The Labute approximate surface area is 156 Å². The highest BCUT2D eigenvalue weighted by Gasteiger charge is 2.23. The van der Waals surface area contributed by atoms with Crippen LogP contribution in [0.3, 0.4) is 0 Å². The molecule has 3 aromatic rings. The van der Waals surface area contributed by atoms with Crippen LogP contribution in [-0.4, -0.2) is 5.11 Å². The van der Waals surface area contributed by atoms with E-state index in [4.69, 9.17) is 0 Å². The molecule has 0 fully saturated rings. The second-order valence-electron chi connectivity index (χ2n) is 7.29. The van der Waals surface area contributed by atoms with E-state index in [-0.39, 0.29) is 0 Å². The number of phenols is 1. The van der Waals surface area contributed by atoms with Crippen LogP contribution in [0.15, 0.2) is 60.7 Å². The minimum Gasteiger partial charge on any atom is -0.507 e. The Morgan fingerprint density at radius 1 is 0.769 bits per heavy atom. The van der Waals surface area contributed by atoms with Gasteiger partial charge in [-0.2, -0.15) is 0 Å². The lowest BCUT2D eigenvalue weighted by atomic mass is 9.90. The molecule has 1 heteroatoms. The Morgan fingerprint density at radius 2 is 1.54 bits per heavy atom. The summed E-state index contributed by atoms with van der Waals surface area (Å²) in [7, 11) is 0. The molecule has 132 valence electrons. The Balaban J connectivity index is 1.76. The van der Waals surface area contributed by atoms with Crippen LogP contribution in [0.25, 0.3) is 22.3 Å². The highest BCUT2D eigenvalue weighted by Crippen LogP contribution is 2.44. The number of aromatic hydroxyl groups is 1. The summed E-state index contributed by atoms with van der Waals surface area (Å²) in [5.41, 5.74) is 8.89. The van der Waals surface area contributed by atoms with Gasteiger partial charge in [0, 0.05) is 5.56 Å². The van der Waals surface area contributed by atoms with E-state index in [0.29, 0.717) is 5.75 Å². The highest BCUT2D eigenvalue weighted by atomic mass is 16.3. The lowest BCUT2D eigenvalue weighted by Gasteiger charge is -2.15.